The first-order chi connectivity index (χ1) is 10.4. The maximum atomic E-state index is 11.8. The second-order valence-electron chi connectivity index (χ2n) is 6.16. The van der Waals surface area contributed by atoms with Gasteiger partial charge in [0, 0.05) is 32.1 Å². The van der Waals surface area contributed by atoms with Crippen LogP contribution >= 0.6 is 35.3 Å². The van der Waals surface area contributed by atoms with E-state index >= 15 is 0 Å². The average Bonchev–Trinajstić information content (AvgIpc) is 2.99. The second-order valence-corrected chi connectivity index (χ2v) is 7.19. The van der Waals surface area contributed by atoms with E-state index in [4.69, 9.17) is 0 Å². The lowest BCUT2D eigenvalue weighted by molar-refractivity contribution is -0.128. The largest absolute Gasteiger partial charge is 0.359 e. The molecule has 0 aliphatic rings. The summed E-state index contributed by atoms with van der Waals surface area (Å²) in [7, 11) is 3.40. The highest BCUT2D eigenvalue weighted by Crippen LogP contribution is 2.14. The summed E-state index contributed by atoms with van der Waals surface area (Å²) in [6.07, 6.45) is 1.06. The number of nitrogens with zero attached hydrogens (tertiary/aromatic N) is 1. The number of hydrogen-bond acceptors (Lipinski definition) is 3. The van der Waals surface area contributed by atoms with Crippen molar-refractivity contribution in [1.82, 2.24) is 16.0 Å². The molecule has 132 valence electrons. The van der Waals surface area contributed by atoms with E-state index in [0.717, 1.165) is 18.9 Å². The quantitative estimate of drug-likeness (QED) is 0.339. The van der Waals surface area contributed by atoms with Gasteiger partial charge in [0.1, 0.15) is 0 Å². The minimum Gasteiger partial charge on any atom is -0.359 e. The number of rotatable bonds is 7. The monoisotopic (exact) mass is 452 g/mol. The Morgan fingerprint density at radius 3 is 2.61 bits per heavy atom. The van der Waals surface area contributed by atoms with Crippen LogP contribution in [0, 0.1) is 11.3 Å². The SMILES string of the molecule is CN=C(NCC(C)Cc1cccs1)NCC(C)(C)C(=O)NC.I. The summed E-state index contributed by atoms with van der Waals surface area (Å²) >= 11 is 1.79. The fraction of sp³-hybridized carbons (Fsp3) is 0.625. The van der Waals surface area contributed by atoms with Crippen molar-refractivity contribution in [2.24, 2.45) is 16.3 Å². The number of halogens is 1. The van der Waals surface area contributed by atoms with Crippen molar-refractivity contribution < 1.29 is 4.79 Å². The Morgan fingerprint density at radius 2 is 2.09 bits per heavy atom. The van der Waals surface area contributed by atoms with Crippen LogP contribution in [0.15, 0.2) is 22.5 Å². The summed E-state index contributed by atoms with van der Waals surface area (Å²) < 4.78 is 0. The van der Waals surface area contributed by atoms with Gasteiger partial charge >= 0.3 is 0 Å². The van der Waals surface area contributed by atoms with E-state index in [9.17, 15) is 4.79 Å². The molecule has 0 radical (unpaired) electrons. The van der Waals surface area contributed by atoms with Gasteiger partial charge in [0.25, 0.3) is 0 Å². The molecular formula is C16H29IN4OS. The van der Waals surface area contributed by atoms with Gasteiger partial charge in [-0.05, 0) is 37.6 Å². The van der Waals surface area contributed by atoms with Crippen LogP contribution in [0.4, 0.5) is 0 Å². The van der Waals surface area contributed by atoms with E-state index in [0.29, 0.717) is 12.5 Å². The number of aliphatic imine (C=N–C) groups is 1. The molecule has 0 aromatic carbocycles. The molecule has 3 N–H and O–H groups in total. The summed E-state index contributed by atoms with van der Waals surface area (Å²) in [6, 6.07) is 4.25. The molecule has 1 unspecified atom stereocenters. The number of guanidine groups is 1. The maximum absolute atomic E-state index is 11.8. The molecule has 0 spiro atoms. The van der Waals surface area contributed by atoms with Gasteiger partial charge in [0.05, 0.1) is 5.41 Å². The van der Waals surface area contributed by atoms with Gasteiger partial charge in [-0.2, -0.15) is 0 Å². The summed E-state index contributed by atoms with van der Waals surface area (Å²) in [4.78, 5) is 17.4. The Kier molecular flexibility index (Phi) is 10.5. The van der Waals surface area contributed by atoms with Crippen LogP contribution in [0.2, 0.25) is 0 Å². The summed E-state index contributed by atoms with van der Waals surface area (Å²) in [6.45, 7) is 7.41. The highest BCUT2D eigenvalue weighted by atomic mass is 127. The van der Waals surface area contributed by atoms with Crippen molar-refractivity contribution in [1.29, 1.82) is 0 Å². The van der Waals surface area contributed by atoms with Gasteiger partial charge in [-0.1, -0.05) is 13.0 Å². The normalized spacial score (nSPS) is 13.0. The van der Waals surface area contributed by atoms with Crippen LogP contribution < -0.4 is 16.0 Å². The lowest BCUT2D eigenvalue weighted by Gasteiger charge is -2.24. The van der Waals surface area contributed by atoms with Crippen molar-refractivity contribution in [3.63, 3.8) is 0 Å². The molecule has 0 saturated heterocycles. The zero-order valence-corrected chi connectivity index (χ0v) is 17.7. The van der Waals surface area contributed by atoms with Crippen molar-refractivity contribution in [2.75, 3.05) is 27.2 Å². The third kappa shape index (κ3) is 8.01. The third-order valence-corrected chi connectivity index (χ3v) is 4.41. The van der Waals surface area contributed by atoms with E-state index in [-0.39, 0.29) is 29.9 Å². The van der Waals surface area contributed by atoms with Crippen molar-refractivity contribution >= 4 is 47.2 Å². The molecule has 1 rings (SSSR count). The molecule has 0 fully saturated rings. The predicted octanol–water partition coefficient (Wildman–Crippen LogP) is 2.48. The van der Waals surface area contributed by atoms with Gasteiger partial charge in [0.2, 0.25) is 5.91 Å². The summed E-state index contributed by atoms with van der Waals surface area (Å²) in [5.74, 6) is 1.26. The molecule has 1 aromatic rings. The first-order valence-corrected chi connectivity index (χ1v) is 8.46. The number of nitrogens with one attached hydrogen (secondary N) is 3. The highest BCUT2D eigenvalue weighted by Gasteiger charge is 2.26. The van der Waals surface area contributed by atoms with Crippen LogP contribution in [-0.4, -0.2) is 39.1 Å². The minimum absolute atomic E-state index is 0. The lowest BCUT2D eigenvalue weighted by atomic mass is 9.92. The van der Waals surface area contributed by atoms with Crippen LogP contribution in [0.3, 0.4) is 0 Å². The molecule has 7 heteroatoms. The van der Waals surface area contributed by atoms with E-state index in [1.807, 2.05) is 13.8 Å². The Labute approximate surface area is 160 Å². The third-order valence-electron chi connectivity index (χ3n) is 3.51. The Morgan fingerprint density at radius 1 is 1.39 bits per heavy atom. The van der Waals surface area contributed by atoms with Crippen molar-refractivity contribution in [3.8, 4) is 0 Å². The molecule has 0 aliphatic carbocycles. The summed E-state index contributed by atoms with van der Waals surface area (Å²) in [5, 5.41) is 11.3. The van der Waals surface area contributed by atoms with Gasteiger partial charge in [-0.15, -0.1) is 35.3 Å². The topological polar surface area (TPSA) is 65.5 Å². The highest BCUT2D eigenvalue weighted by molar-refractivity contribution is 14.0. The zero-order valence-electron chi connectivity index (χ0n) is 14.6. The van der Waals surface area contributed by atoms with Crippen LogP contribution in [0.1, 0.15) is 25.6 Å². The maximum Gasteiger partial charge on any atom is 0.227 e. The zero-order chi connectivity index (χ0) is 16.6. The second kappa shape index (κ2) is 10.9. The molecule has 1 amide bonds. The number of amides is 1. The first kappa shape index (κ1) is 22.2. The smallest absolute Gasteiger partial charge is 0.227 e. The molecule has 23 heavy (non-hydrogen) atoms. The minimum atomic E-state index is -0.477. The molecule has 5 nitrogen and oxygen atoms in total. The number of carbonyl (C=O) groups excluding carboxylic acids is 1. The molecule has 0 bridgehead atoms. The molecule has 1 heterocycles. The number of carbonyl (C=O) groups is 1. The average molecular weight is 452 g/mol. The Balaban J connectivity index is 0.00000484. The molecule has 0 saturated carbocycles. The first-order valence-electron chi connectivity index (χ1n) is 7.58. The fourth-order valence-electron chi connectivity index (χ4n) is 2.06. The molecule has 1 atom stereocenters. The number of thiophene rings is 1. The van der Waals surface area contributed by atoms with Gasteiger partial charge in [-0.25, -0.2) is 0 Å². The van der Waals surface area contributed by atoms with Crippen molar-refractivity contribution in [2.45, 2.75) is 27.2 Å². The van der Waals surface area contributed by atoms with Gasteiger partial charge in [-0.3, -0.25) is 9.79 Å². The van der Waals surface area contributed by atoms with E-state index in [1.165, 1.54) is 4.88 Å². The van der Waals surface area contributed by atoms with E-state index in [1.54, 1.807) is 25.4 Å². The van der Waals surface area contributed by atoms with Crippen LogP contribution in [0.25, 0.3) is 0 Å². The summed E-state index contributed by atoms with van der Waals surface area (Å²) in [5.41, 5.74) is -0.477. The Hall–Kier alpha value is -0.830. The van der Waals surface area contributed by atoms with Crippen LogP contribution in [0.5, 0.6) is 0 Å². The van der Waals surface area contributed by atoms with Crippen LogP contribution in [-0.2, 0) is 11.2 Å². The fourth-order valence-corrected chi connectivity index (χ4v) is 2.93. The molecule has 0 aliphatic heterocycles. The van der Waals surface area contributed by atoms with E-state index in [2.05, 4.69) is 45.4 Å². The number of hydrogen-bond donors (Lipinski definition) is 3. The van der Waals surface area contributed by atoms with Crippen molar-refractivity contribution in [3.05, 3.63) is 22.4 Å². The van der Waals surface area contributed by atoms with Gasteiger partial charge < -0.3 is 16.0 Å². The Bertz CT molecular complexity index is 488. The standard InChI is InChI=1S/C16H28N4OS.HI/c1-12(9-13-7-6-8-22-13)10-19-15(18-5)20-11-16(2,3)14(21)17-4;/h6-8,12H,9-11H2,1-5H3,(H,17,21)(H2,18,19,20);1H. The van der Waals surface area contributed by atoms with E-state index < -0.39 is 5.41 Å². The lowest BCUT2D eigenvalue weighted by Crippen LogP contribution is -2.47. The predicted molar refractivity (Wildman–Crippen MR) is 110 cm³/mol. The molecule has 1 aromatic heterocycles. The van der Waals surface area contributed by atoms with Gasteiger partial charge in [0.15, 0.2) is 5.96 Å². The molecular weight excluding hydrogens is 423 g/mol.